The van der Waals surface area contributed by atoms with Crippen LogP contribution in [-0.4, -0.2) is 6.54 Å². The second-order valence-corrected chi connectivity index (χ2v) is 6.92. The summed E-state index contributed by atoms with van der Waals surface area (Å²) in [7, 11) is 0. The molecular weight excluding hydrogens is 293 g/mol. The molecule has 3 heteroatoms. The van der Waals surface area contributed by atoms with Gasteiger partial charge < -0.3 is 5.32 Å². The Morgan fingerprint density at radius 3 is 2.39 bits per heavy atom. The first-order valence-electron chi connectivity index (χ1n) is 6.40. The Labute approximate surface area is 118 Å². The van der Waals surface area contributed by atoms with Crippen LogP contribution in [-0.2, 0) is 0 Å². The smallest absolute Gasteiger partial charge is 0.137 e. The van der Waals surface area contributed by atoms with Crippen molar-refractivity contribution in [2.45, 2.75) is 40.7 Å². The van der Waals surface area contributed by atoms with Gasteiger partial charge in [0, 0.05) is 6.04 Å². The molecule has 2 atom stereocenters. The fourth-order valence-electron chi connectivity index (χ4n) is 1.56. The molecule has 1 nitrogen and oxygen atoms in total. The van der Waals surface area contributed by atoms with Crippen molar-refractivity contribution in [3.63, 3.8) is 0 Å². The highest BCUT2D eigenvalue weighted by atomic mass is 79.9. The molecule has 0 spiro atoms. The molecule has 18 heavy (non-hydrogen) atoms. The maximum atomic E-state index is 13.2. The minimum Gasteiger partial charge on any atom is -0.310 e. The maximum absolute atomic E-state index is 13.2. The molecule has 1 rings (SSSR count). The summed E-state index contributed by atoms with van der Waals surface area (Å²) in [6, 6.07) is 5.41. The molecule has 0 aliphatic heterocycles. The van der Waals surface area contributed by atoms with E-state index in [-0.39, 0.29) is 11.9 Å². The van der Waals surface area contributed by atoms with Gasteiger partial charge in [-0.15, -0.1) is 0 Å². The van der Waals surface area contributed by atoms with Crippen molar-refractivity contribution < 1.29 is 4.39 Å². The van der Waals surface area contributed by atoms with Crippen LogP contribution < -0.4 is 5.32 Å². The number of halogens is 2. The van der Waals surface area contributed by atoms with Crippen molar-refractivity contribution in [2.24, 2.45) is 11.3 Å². The molecule has 102 valence electrons. The Balaban J connectivity index is 2.60. The molecule has 0 aromatic heterocycles. The van der Waals surface area contributed by atoms with Gasteiger partial charge in [0.15, 0.2) is 0 Å². The number of hydrogen-bond donors (Lipinski definition) is 1. The lowest BCUT2D eigenvalue weighted by Gasteiger charge is -2.29. The molecule has 0 aliphatic rings. The van der Waals surface area contributed by atoms with Gasteiger partial charge in [-0.05, 0) is 58.4 Å². The van der Waals surface area contributed by atoms with Gasteiger partial charge in [0.05, 0.1) is 4.47 Å². The summed E-state index contributed by atoms with van der Waals surface area (Å²) in [6.07, 6.45) is 0. The van der Waals surface area contributed by atoms with Gasteiger partial charge in [0.2, 0.25) is 0 Å². The zero-order chi connectivity index (χ0) is 13.9. The highest BCUT2D eigenvalue weighted by Crippen LogP contribution is 2.26. The molecule has 0 heterocycles. The van der Waals surface area contributed by atoms with Gasteiger partial charge in [-0.2, -0.15) is 0 Å². The predicted octanol–water partition coefficient (Wildman–Crippen LogP) is 4.92. The molecule has 0 amide bonds. The van der Waals surface area contributed by atoms with Crippen LogP contribution >= 0.6 is 15.9 Å². The van der Waals surface area contributed by atoms with E-state index in [2.05, 4.69) is 55.9 Å². The van der Waals surface area contributed by atoms with Gasteiger partial charge >= 0.3 is 0 Å². The summed E-state index contributed by atoms with van der Waals surface area (Å²) < 4.78 is 13.7. The first-order valence-corrected chi connectivity index (χ1v) is 7.19. The van der Waals surface area contributed by atoms with Crippen LogP contribution in [0.1, 0.15) is 46.2 Å². The second kappa shape index (κ2) is 6.16. The topological polar surface area (TPSA) is 12.0 Å². The standard InChI is InChI=1S/C15H23BrFN/c1-10(15(3,4)5)9-18-11(2)12-6-7-14(17)13(16)8-12/h6-8,10-11,18H,9H2,1-5H3. The van der Waals surface area contributed by atoms with E-state index < -0.39 is 0 Å². The summed E-state index contributed by atoms with van der Waals surface area (Å²) in [5.41, 5.74) is 1.40. The van der Waals surface area contributed by atoms with Gasteiger partial charge in [0.1, 0.15) is 5.82 Å². The molecule has 1 aromatic rings. The van der Waals surface area contributed by atoms with Crippen molar-refractivity contribution in [1.82, 2.24) is 5.32 Å². The third kappa shape index (κ3) is 4.36. The SMILES string of the molecule is CC(NCC(C)C(C)(C)C)c1ccc(F)c(Br)c1. The Morgan fingerprint density at radius 1 is 1.28 bits per heavy atom. The summed E-state index contributed by atoms with van der Waals surface area (Å²) >= 11 is 3.22. The zero-order valence-electron chi connectivity index (χ0n) is 11.8. The summed E-state index contributed by atoms with van der Waals surface area (Å²) in [5.74, 6) is 0.373. The Kier molecular flexibility index (Phi) is 5.35. The third-order valence-electron chi connectivity index (χ3n) is 3.65. The van der Waals surface area contributed by atoms with Crippen molar-refractivity contribution in [2.75, 3.05) is 6.54 Å². The van der Waals surface area contributed by atoms with Crippen molar-refractivity contribution >= 4 is 15.9 Å². The molecule has 0 saturated carbocycles. The number of rotatable bonds is 4. The van der Waals surface area contributed by atoms with Crippen LogP contribution in [0.25, 0.3) is 0 Å². The van der Waals surface area contributed by atoms with Gasteiger partial charge in [0.25, 0.3) is 0 Å². The predicted molar refractivity (Wildman–Crippen MR) is 79.1 cm³/mol. The quantitative estimate of drug-likeness (QED) is 0.831. The van der Waals surface area contributed by atoms with Gasteiger partial charge in [-0.25, -0.2) is 4.39 Å². The summed E-state index contributed by atoms with van der Waals surface area (Å²) in [5, 5.41) is 3.51. The molecule has 0 radical (unpaired) electrons. The zero-order valence-corrected chi connectivity index (χ0v) is 13.4. The third-order valence-corrected chi connectivity index (χ3v) is 4.26. The van der Waals surface area contributed by atoms with Gasteiger partial charge in [-0.3, -0.25) is 0 Å². The first-order chi connectivity index (χ1) is 8.21. The Morgan fingerprint density at radius 2 is 1.89 bits per heavy atom. The highest BCUT2D eigenvalue weighted by Gasteiger charge is 2.20. The molecule has 0 bridgehead atoms. The molecular formula is C15H23BrFN. The van der Waals surface area contributed by atoms with E-state index in [0.29, 0.717) is 15.8 Å². The number of benzene rings is 1. The normalized spacial score (nSPS) is 15.5. The van der Waals surface area contributed by atoms with Crippen molar-refractivity contribution in [3.05, 3.63) is 34.1 Å². The van der Waals surface area contributed by atoms with E-state index in [1.165, 1.54) is 6.07 Å². The van der Waals surface area contributed by atoms with E-state index in [0.717, 1.165) is 12.1 Å². The van der Waals surface area contributed by atoms with Crippen LogP contribution in [0.5, 0.6) is 0 Å². The number of nitrogens with one attached hydrogen (secondary N) is 1. The number of hydrogen-bond acceptors (Lipinski definition) is 1. The van der Waals surface area contributed by atoms with Crippen LogP contribution in [0.2, 0.25) is 0 Å². The van der Waals surface area contributed by atoms with E-state index >= 15 is 0 Å². The monoisotopic (exact) mass is 315 g/mol. The molecule has 0 aliphatic carbocycles. The van der Waals surface area contributed by atoms with Crippen LogP contribution in [0.4, 0.5) is 4.39 Å². The van der Waals surface area contributed by atoms with Crippen LogP contribution in [0, 0.1) is 17.2 Å². The van der Waals surface area contributed by atoms with E-state index in [4.69, 9.17) is 0 Å². The second-order valence-electron chi connectivity index (χ2n) is 6.07. The van der Waals surface area contributed by atoms with Crippen LogP contribution in [0.15, 0.2) is 22.7 Å². The average Bonchev–Trinajstić information content (AvgIpc) is 2.27. The molecule has 1 N–H and O–H groups in total. The Hall–Kier alpha value is -0.410. The van der Waals surface area contributed by atoms with Crippen LogP contribution in [0.3, 0.4) is 0 Å². The van der Waals surface area contributed by atoms with Gasteiger partial charge in [-0.1, -0.05) is 33.8 Å². The molecule has 1 aromatic carbocycles. The van der Waals surface area contributed by atoms with E-state index in [9.17, 15) is 4.39 Å². The first kappa shape index (κ1) is 15.6. The largest absolute Gasteiger partial charge is 0.310 e. The van der Waals surface area contributed by atoms with Crippen molar-refractivity contribution in [1.29, 1.82) is 0 Å². The molecule has 2 unspecified atom stereocenters. The van der Waals surface area contributed by atoms with Crippen molar-refractivity contribution in [3.8, 4) is 0 Å². The molecule has 0 saturated heterocycles. The lowest BCUT2D eigenvalue weighted by Crippen LogP contribution is -2.31. The maximum Gasteiger partial charge on any atom is 0.137 e. The fourth-order valence-corrected chi connectivity index (χ4v) is 1.96. The summed E-state index contributed by atoms with van der Waals surface area (Å²) in [4.78, 5) is 0. The average molecular weight is 316 g/mol. The minimum atomic E-state index is -0.214. The summed E-state index contributed by atoms with van der Waals surface area (Å²) in [6.45, 7) is 12.1. The highest BCUT2D eigenvalue weighted by molar-refractivity contribution is 9.10. The fraction of sp³-hybridized carbons (Fsp3) is 0.600. The van der Waals surface area contributed by atoms with E-state index in [1.807, 2.05) is 12.1 Å². The minimum absolute atomic E-state index is 0.214. The lowest BCUT2D eigenvalue weighted by molar-refractivity contribution is 0.247. The Bertz CT molecular complexity index is 398. The van der Waals surface area contributed by atoms with E-state index in [1.54, 1.807) is 0 Å². The molecule has 0 fully saturated rings. The lowest BCUT2D eigenvalue weighted by atomic mass is 9.82.